The molecule has 2 aromatic rings. The molecule has 25 heavy (non-hydrogen) atoms. The van der Waals surface area contributed by atoms with Gasteiger partial charge in [0.15, 0.2) is 0 Å². The van der Waals surface area contributed by atoms with E-state index in [1.165, 1.54) is 0 Å². The normalized spacial score (nSPS) is 14.2. The Hall–Kier alpha value is -2.13. The van der Waals surface area contributed by atoms with Crippen LogP contribution in [-0.2, 0) is 14.9 Å². The van der Waals surface area contributed by atoms with E-state index in [4.69, 9.17) is 4.74 Å². The number of fused-ring (bicyclic) bond motifs is 3. The largest absolute Gasteiger partial charge is 0.465 e. The van der Waals surface area contributed by atoms with Crippen molar-refractivity contribution in [3.63, 3.8) is 0 Å². The van der Waals surface area contributed by atoms with Crippen LogP contribution in [0.2, 0.25) is 0 Å². The highest BCUT2D eigenvalue weighted by Crippen LogP contribution is 2.51. The van der Waals surface area contributed by atoms with E-state index < -0.39 is 5.41 Å². The van der Waals surface area contributed by atoms with Gasteiger partial charge in [-0.2, -0.15) is 0 Å². The van der Waals surface area contributed by atoms with Crippen molar-refractivity contribution in [2.45, 2.75) is 45.1 Å². The van der Waals surface area contributed by atoms with Crippen LogP contribution in [0.15, 0.2) is 48.5 Å². The third-order valence-corrected chi connectivity index (χ3v) is 4.97. The van der Waals surface area contributed by atoms with Crippen molar-refractivity contribution in [2.75, 3.05) is 13.2 Å². The molecule has 1 aliphatic carbocycles. The third kappa shape index (κ3) is 3.09. The molecule has 0 amide bonds. The first-order chi connectivity index (χ1) is 12.1. The molecule has 0 atom stereocenters. The van der Waals surface area contributed by atoms with Crippen molar-refractivity contribution in [3.05, 3.63) is 59.7 Å². The molecule has 0 aromatic heterocycles. The molecule has 0 unspecified atom stereocenters. The van der Waals surface area contributed by atoms with Crippen LogP contribution >= 0.6 is 0 Å². The number of nitrogens with one attached hydrogen (secondary N) is 1. The topological polar surface area (TPSA) is 38.3 Å². The van der Waals surface area contributed by atoms with Gasteiger partial charge in [-0.15, -0.1) is 0 Å². The van der Waals surface area contributed by atoms with Crippen LogP contribution in [0.1, 0.15) is 44.7 Å². The maximum Gasteiger partial charge on any atom is 0.321 e. The summed E-state index contributed by atoms with van der Waals surface area (Å²) in [5.41, 5.74) is 3.78. The molecule has 0 saturated heterocycles. The molecule has 3 heteroatoms. The highest BCUT2D eigenvalue weighted by molar-refractivity contribution is 5.98. The third-order valence-electron chi connectivity index (χ3n) is 4.97. The van der Waals surface area contributed by atoms with Gasteiger partial charge in [-0.3, -0.25) is 4.79 Å². The number of ether oxygens (including phenoxy) is 1. The summed E-state index contributed by atoms with van der Waals surface area (Å²) in [7, 11) is 0. The molecular formula is C22H27NO2. The van der Waals surface area contributed by atoms with E-state index in [-0.39, 0.29) is 5.97 Å². The van der Waals surface area contributed by atoms with Crippen molar-refractivity contribution in [3.8, 4) is 11.1 Å². The SMILES string of the molecule is CCOC(=O)C1(CCCNC(C)C)c2ccccc2-c2ccccc21. The first kappa shape index (κ1) is 17.7. The predicted octanol–water partition coefficient (Wildman–Crippen LogP) is 4.29. The second-order valence-corrected chi connectivity index (χ2v) is 6.93. The van der Waals surface area contributed by atoms with Crippen LogP contribution in [0.4, 0.5) is 0 Å². The number of hydrogen-bond donors (Lipinski definition) is 1. The molecule has 0 heterocycles. The Balaban J connectivity index is 2.05. The summed E-state index contributed by atoms with van der Waals surface area (Å²) in [4.78, 5) is 13.2. The highest BCUT2D eigenvalue weighted by atomic mass is 16.5. The first-order valence-electron chi connectivity index (χ1n) is 9.21. The lowest BCUT2D eigenvalue weighted by atomic mass is 9.74. The number of benzene rings is 2. The summed E-state index contributed by atoms with van der Waals surface area (Å²) in [6.07, 6.45) is 1.67. The fraction of sp³-hybridized carbons (Fsp3) is 0.409. The molecule has 0 spiro atoms. The van der Waals surface area contributed by atoms with Gasteiger partial charge >= 0.3 is 5.97 Å². The van der Waals surface area contributed by atoms with Gasteiger partial charge in [0.2, 0.25) is 0 Å². The smallest absolute Gasteiger partial charge is 0.321 e. The van der Waals surface area contributed by atoms with Gasteiger partial charge in [-0.1, -0.05) is 62.4 Å². The van der Waals surface area contributed by atoms with Crippen molar-refractivity contribution in [2.24, 2.45) is 0 Å². The minimum absolute atomic E-state index is 0.128. The van der Waals surface area contributed by atoms with E-state index >= 15 is 0 Å². The van der Waals surface area contributed by atoms with Crippen molar-refractivity contribution in [1.29, 1.82) is 0 Å². The van der Waals surface area contributed by atoms with Gasteiger partial charge in [0, 0.05) is 6.04 Å². The van der Waals surface area contributed by atoms with Crippen molar-refractivity contribution < 1.29 is 9.53 Å². The Morgan fingerprint density at radius 2 is 1.60 bits per heavy atom. The van der Waals surface area contributed by atoms with Crippen LogP contribution in [0.5, 0.6) is 0 Å². The number of hydrogen-bond acceptors (Lipinski definition) is 3. The summed E-state index contributed by atoms with van der Waals surface area (Å²) in [5, 5.41) is 3.45. The Morgan fingerprint density at radius 3 is 2.12 bits per heavy atom. The van der Waals surface area contributed by atoms with E-state index in [2.05, 4.69) is 43.4 Å². The van der Waals surface area contributed by atoms with E-state index in [0.29, 0.717) is 12.6 Å². The lowest BCUT2D eigenvalue weighted by Crippen LogP contribution is -2.38. The van der Waals surface area contributed by atoms with Gasteiger partial charge in [0.25, 0.3) is 0 Å². The molecule has 0 saturated carbocycles. The van der Waals surface area contributed by atoms with Crippen LogP contribution in [0.25, 0.3) is 11.1 Å². The van der Waals surface area contributed by atoms with E-state index in [1.54, 1.807) is 0 Å². The average Bonchev–Trinajstić information content (AvgIpc) is 2.90. The van der Waals surface area contributed by atoms with E-state index in [9.17, 15) is 4.79 Å². The number of carbonyl (C=O) groups is 1. The van der Waals surface area contributed by atoms with Crippen LogP contribution in [0, 0.1) is 0 Å². The van der Waals surface area contributed by atoms with Gasteiger partial charge < -0.3 is 10.1 Å². The summed E-state index contributed by atoms with van der Waals surface area (Å²) >= 11 is 0. The standard InChI is InChI=1S/C22H27NO2/c1-4-25-21(24)22(14-9-15-23-16(2)3)19-12-7-5-10-17(19)18-11-6-8-13-20(18)22/h5-8,10-13,16,23H,4,9,14-15H2,1-3H3. The molecule has 132 valence electrons. The van der Waals surface area contributed by atoms with Crippen LogP contribution in [-0.4, -0.2) is 25.2 Å². The summed E-state index contributed by atoms with van der Waals surface area (Å²) in [5.74, 6) is -0.128. The first-order valence-corrected chi connectivity index (χ1v) is 9.21. The molecule has 3 rings (SSSR count). The predicted molar refractivity (Wildman–Crippen MR) is 102 cm³/mol. The summed E-state index contributed by atoms with van der Waals surface area (Å²) in [6.45, 7) is 7.44. The van der Waals surface area contributed by atoms with Crippen molar-refractivity contribution >= 4 is 5.97 Å². The minimum atomic E-state index is -0.693. The lowest BCUT2D eigenvalue weighted by molar-refractivity contribution is -0.148. The van der Waals surface area contributed by atoms with Gasteiger partial charge in [0.1, 0.15) is 5.41 Å². The summed E-state index contributed by atoms with van der Waals surface area (Å²) in [6, 6.07) is 17.0. The second kappa shape index (κ2) is 7.40. The molecule has 0 fully saturated rings. The molecule has 1 N–H and O–H groups in total. The molecule has 3 nitrogen and oxygen atoms in total. The Bertz CT molecular complexity index is 706. The molecule has 0 radical (unpaired) electrons. The lowest BCUT2D eigenvalue weighted by Gasteiger charge is -2.30. The molecule has 2 aromatic carbocycles. The van der Waals surface area contributed by atoms with Crippen LogP contribution < -0.4 is 5.32 Å². The molecule has 0 bridgehead atoms. The van der Waals surface area contributed by atoms with E-state index in [0.717, 1.165) is 41.6 Å². The zero-order valence-electron chi connectivity index (χ0n) is 15.3. The second-order valence-electron chi connectivity index (χ2n) is 6.93. The summed E-state index contributed by atoms with van der Waals surface area (Å²) < 4.78 is 5.56. The zero-order valence-corrected chi connectivity index (χ0v) is 15.3. The number of carbonyl (C=O) groups excluding carboxylic acids is 1. The number of rotatable bonds is 7. The molecule has 0 aliphatic heterocycles. The Kier molecular flexibility index (Phi) is 5.24. The quantitative estimate of drug-likeness (QED) is 0.605. The minimum Gasteiger partial charge on any atom is -0.465 e. The van der Waals surface area contributed by atoms with Gasteiger partial charge in [-0.25, -0.2) is 0 Å². The maximum absolute atomic E-state index is 13.2. The van der Waals surface area contributed by atoms with E-state index in [1.807, 2.05) is 31.2 Å². The highest BCUT2D eigenvalue weighted by Gasteiger charge is 2.49. The monoisotopic (exact) mass is 337 g/mol. The fourth-order valence-electron chi connectivity index (χ4n) is 3.92. The zero-order chi connectivity index (χ0) is 17.9. The Morgan fingerprint density at radius 1 is 1.04 bits per heavy atom. The van der Waals surface area contributed by atoms with Crippen LogP contribution in [0.3, 0.4) is 0 Å². The average molecular weight is 337 g/mol. The van der Waals surface area contributed by atoms with Gasteiger partial charge in [0.05, 0.1) is 6.61 Å². The van der Waals surface area contributed by atoms with Crippen molar-refractivity contribution in [1.82, 2.24) is 5.32 Å². The number of esters is 1. The van der Waals surface area contributed by atoms with Gasteiger partial charge in [-0.05, 0) is 48.6 Å². The maximum atomic E-state index is 13.2. The molecular weight excluding hydrogens is 310 g/mol. The molecule has 1 aliphatic rings. The fourth-order valence-corrected chi connectivity index (χ4v) is 3.92. The Labute approximate surface area is 150 Å².